The Morgan fingerprint density at radius 3 is 2.32 bits per heavy atom. The Labute approximate surface area is 125 Å². The van der Waals surface area contributed by atoms with Gasteiger partial charge in [0.2, 0.25) is 5.91 Å². The summed E-state index contributed by atoms with van der Waals surface area (Å²) in [5, 5.41) is 11.0. The lowest BCUT2D eigenvalue weighted by Gasteiger charge is -2.05. The van der Waals surface area contributed by atoms with Gasteiger partial charge in [-0.05, 0) is 23.3 Å². The SMILES string of the molecule is O=C(O)C=CC(=O)Nc1ccc2c(c1)C(=O)c1ccccc1-2. The van der Waals surface area contributed by atoms with Crippen molar-refractivity contribution in [1.82, 2.24) is 0 Å². The number of carbonyl (C=O) groups is 3. The number of carbonyl (C=O) groups excluding carboxylic acids is 2. The Morgan fingerprint density at radius 2 is 1.59 bits per heavy atom. The number of nitrogens with one attached hydrogen (secondary N) is 1. The van der Waals surface area contributed by atoms with Gasteiger partial charge in [-0.3, -0.25) is 9.59 Å². The minimum absolute atomic E-state index is 0.0808. The first-order valence-corrected chi connectivity index (χ1v) is 6.56. The molecule has 0 fully saturated rings. The van der Waals surface area contributed by atoms with Crippen LogP contribution in [0.5, 0.6) is 0 Å². The first kappa shape index (κ1) is 13.8. The number of hydrogen-bond acceptors (Lipinski definition) is 3. The number of amides is 1. The third kappa shape index (κ3) is 2.40. The van der Waals surface area contributed by atoms with Crippen molar-refractivity contribution in [2.75, 3.05) is 5.32 Å². The van der Waals surface area contributed by atoms with Gasteiger partial charge >= 0.3 is 5.97 Å². The average molecular weight is 293 g/mol. The van der Waals surface area contributed by atoms with Gasteiger partial charge in [0.1, 0.15) is 0 Å². The number of aliphatic carboxylic acids is 1. The summed E-state index contributed by atoms with van der Waals surface area (Å²) in [7, 11) is 0. The van der Waals surface area contributed by atoms with Crippen LogP contribution in [0.2, 0.25) is 0 Å². The largest absolute Gasteiger partial charge is 0.478 e. The highest BCUT2D eigenvalue weighted by atomic mass is 16.4. The van der Waals surface area contributed by atoms with E-state index in [1.807, 2.05) is 18.2 Å². The number of carboxylic acids is 1. The molecule has 0 heterocycles. The summed E-state index contributed by atoms with van der Waals surface area (Å²) in [5.41, 5.74) is 3.33. The van der Waals surface area contributed by atoms with Crippen molar-refractivity contribution in [3.05, 3.63) is 65.7 Å². The smallest absolute Gasteiger partial charge is 0.328 e. The maximum atomic E-state index is 12.3. The highest BCUT2D eigenvalue weighted by molar-refractivity contribution is 6.22. The molecule has 0 saturated heterocycles. The molecular weight excluding hydrogens is 282 g/mol. The van der Waals surface area contributed by atoms with Crippen LogP contribution in [0.4, 0.5) is 5.69 Å². The molecule has 0 bridgehead atoms. The molecule has 22 heavy (non-hydrogen) atoms. The van der Waals surface area contributed by atoms with E-state index in [2.05, 4.69) is 5.32 Å². The maximum absolute atomic E-state index is 12.3. The van der Waals surface area contributed by atoms with Crippen molar-refractivity contribution in [3.8, 4) is 11.1 Å². The van der Waals surface area contributed by atoms with Crippen molar-refractivity contribution in [3.63, 3.8) is 0 Å². The van der Waals surface area contributed by atoms with Crippen LogP contribution in [-0.4, -0.2) is 22.8 Å². The van der Waals surface area contributed by atoms with Crippen molar-refractivity contribution in [1.29, 1.82) is 0 Å². The van der Waals surface area contributed by atoms with Crippen molar-refractivity contribution < 1.29 is 19.5 Å². The van der Waals surface area contributed by atoms with E-state index in [4.69, 9.17) is 5.11 Å². The van der Waals surface area contributed by atoms with Gasteiger partial charge in [0.15, 0.2) is 5.78 Å². The first-order valence-electron chi connectivity index (χ1n) is 6.56. The second-order valence-electron chi connectivity index (χ2n) is 4.80. The van der Waals surface area contributed by atoms with Crippen molar-refractivity contribution in [2.45, 2.75) is 0 Å². The fraction of sp³-hybridized carbons (Fsp3) is 0. The van der Waals surface area contributed by atoms with Crippen LogP contribution >= 0.6 is 0 Å². The Kier molecular flexibility index (Phi) is 3.31. The van der Waals surface area contributed by atoms with E-state index in [1.54, 1.807) is 24.3 Å². The lowest BCUT2D eigenvalue weighted by molar-refractivity contribution is -0.131. The molecule has 3 rings (SSSR count). The number of hydrogen-bond donors (Lipinski definition) is 2. The minimum Gasteiger partial charge on any atom is -0.478 e. The Hall–Kier alpha value is -3.21. The quantitative estimate of drug-likeness (QED) is 0.727. The van der Waals surface area contributed by atoms with E-state index in [9.17, 15) is 14.4 Å². The molecule has 2 aromatic carbocycles. The molecule has 108 valence electrons. The Balaban J connectivity index is 1.89. The Morgan fingerprint density at radius 1 is 0.909 bits per heavy atom. The number of anilines is 1. The summed E-state index contributed by atoms with van der Waals surface area (Å²) >= 11 is 0. The number of ketones is 1. The molecule has 0 unspecified atom stereocenters. The van der Waals surface area contributed by atoms with E-state index in [1.165, 1.54) is 0 Å². The van der Waals surface area contributed by atoms with E-state index in [0.717, 1.165) is 23.3 Å². The molecule has 0 saturated carbocycles. The summed E-state index contributed by atoms with van der Waals surface area (Å²) in [5.74, 6) is -1.84. The molecule has 1 amide bonds. The van der Waals surface area contributed by atoms with Crippen LogP contribution in [-0.2, 0) is 9.59 Å². The summed E-state index contributed by atoms with van der Waals surface area (Å²) < 4.78 is 0. The zero-order chi connectivity index (χ0) is 15.7. The third-order valence-corrected chi connectivity index (χ3v) is 3.37. The molecule has 0 spiro atoms. The van der Waals surface area contributed by atoms with Crippen molar-refractivity contribution in [2.24, 2.45) is 0 Å². The second kappa shape index (κ2) is 5.29. The van der Waals surface area contributed by atoms with Crippen LogP contribution < -0.4 is 5.32 Å². The van der Waals surface area contributed by atoms with Gasteiger partial charge < -0.3 is 10.4 Å². The number of carboxylic acid groups (broad SMARTS) is 1. The molecule has 2 aromatic rings. The van der Waals surface area contributed by atoms with Gasteiger partial charge in [-0.1, -0.05) is 30.3 Å². The zero-order valence-corrected chi connectivity index (χ0v) is 11.4. The van der Waals surface area contributed by atoms with Crippen LogP contribution in [0.15, 0.2) is 54.6 Å². The van der Waals surface area contributed by atoms with Gasteiger partial charge in [-0.25, -0.2) is 4.79 Å². The molecule has 0 aliphatic heterocycles. The normalized spacial score (nSPS) is 12.1. The predicted molar refractivity (Wildman–Crippen MR) is 80.7 cm³/mol. The molecule has 5 nitrogen and oxygen atoms in total. The zero-order valence-electron chi connectivity index (χ0n) is 11.4. The van der Waals surface area contributed by atoms with Crippen LogP contribution in [0, 0.1) is 0 Å². The molecule has 0 radical (unpaired) electrons. The average Bonchev–Trinajstić information content (AvgIpc) is 2.79. The van der Waals surface area contributed by atoms with Gasteiger partial charge in [0.25, 0.3) is 0 Å². The predicted octanol–water partition coefficient (Wildman–Crippen LogP) is 2.48. The first-order chi connectivity index (χ1) is 10.6. The third-order valence-electron chi connectivity index (χ3n) is 3.37. The molecule has 1 aliphatic rings. The van der Waals surface area contributed by atoms with E-state index >= 15 is 0 Å². The van der Waals surface area contributed by atoms with E-state index < -0.39 is 11.9 Å². The maximum Gasteiger partial charge on any atom is 0.328 e. The lowest BCUT2D eigenvalue weighted by Crippen LogP contribution is -2.09. The number of benzene rings is 2. The number of fused-ring (bicyclic) bond motifs is 3. The van der Waals surface area contributed by atoms with Gasteiger partial charge in [0.05, 0.1) is 0 Å². The molecule has 0 atom stereocenters. The second-order valence-corrected chi connectivity index (χ2v) is 4.80. The van der Waals surface area contributed by atoms with E-state index in [0.29, 0.717) is 16.8 Å². The van der Waals surface area contributed by atoms with Crippen LogP contribution in [0.25, 0.3) is 11.1 Å². The van der Waals surface area contributed by atoms with Crippen LogP contribution in [0.1, 0.15) is 15.9 Å². The highest BCUT2D eigenvalue weighted by Crippen LogP contribution is 2.37. The number of rotatable bonds is 3. The van der Waals surface area contributed by atoms with Gasteiger partial charge in [-0.15, -0.1) is 0 Å². The summed E-state index contributed by atoms with van der Waals surface area (Å²) in [6.45, 7) is 0. The monoisotopic (exact) mass is 293 g/mol. The van der Waals surface area contributed by atoms with Crippen LogP contribution in [0.3, 0.4) is 0 Å². The lowest BCUT2D eigenvalue weighted by atomic mass is 10.1. The van der Waals surface area contributed by atoms with Crippen molar-refractivity contribution >= 4 is 23.3 Å². The molecule has 0 aromatic heterocycles. The summed E-state index contributed by atoms with van der Waals surface area (Å²) in [6, 6.07) is 12.4. The Bertz CT molecular complexity index is 836. The van der Waals surface area contributed by atoms with Gasteiger partial charge in [0, 0.05) is 29.0 Å². The topological polar surface area (TPSA) is 83.5 Å². The fourth-order valence-corrected chi connectivity index (χ4v) is 2.44. The van der Waals surface area contributed by atoms with Gasteiger partial charge in [-0.2, -0.15) is 0 Å². The molecule has 5 heteroatoms. The minimum atomic E-state index is -1.20. The van der Waals surface area contributed by atoms with E-state index in [-0.39, 0.29) is 5.78 Å². The molecule has 2 N–H and O–H groups in total. The summed E-state index contributed by atoms with van der Waals surface area (Å²) in [4.78, 5) is 34.3. The highest BCUT2D eigenvalue weighted by Gasteiger charge is 2.26. The molecule has 1 aliphatic carbocycles. The summed E-state index contributed by atoms with van der Waals surface area (Å²) in [6.07, 6.45) is 1.68. The fourth-order valence-electron chi connectivity index (χ4n) is 2.44. The standard InChI is InChI=1S/C17H11NO4/c19-15(7-8-16(20)21)18-10-5-6-12-11-3-1-2-4-13(11)17(22)14(12)9-10/h1-9H,(H,18,19)(H,20,21). The molecular formula is C17H11NO4.